The minimum absolute atomic E-state index is 0.0148. The van der Waals surface area contributed by atoms with E-state index in [1.54, 1.807) is 0 Å². The Bertz CT molecular complexity index is 701. The van der Waals surface area contributed by atoms with E-state index in [9.17, 15) is 9.59 Å². The molecule has 1 aromatic carbocycles. The molecule has 1 aliphatic heterocycles. The van der Waals surface area contributed by atoms with Crippen molar-refractivity contribution < 1.29 is 9.59 Å². The van der Waals surface area contributed by atoms with Gasteiger partial charge in [-0.15, -0.1) is 0 Å². The fraction of sp³-hybridized carbons (Fsp3) is 0.667. The molecule has 1 heterocycles. The van der Waals surface area contributed by atoms with Crippen molar-refractivity contribution in [2.24, 2.45) is 11.3 Å². The summed E-state index contributed by atoms with van der Waals surface area (Å²) >= 11 is 0. The Kier molecular flexibility index (Phi) is 6.99. The average Bonchev–Trinajstić information content (AvgIpc) is 3.52. The molecule has 5 heteroatoms. The van der Waals surface area contributed by atoms with E-state index in [1.807, 2.05) is 36.2 Å². The van der Waals surface area contributed by atoms with Crippen LogP contribution in [-0.4, -0.2) is 54.3 Å². The summed E-state index contributed by atoms with van der Waals surface area (Å²) in [6.07, 6.45) is 6.37. The predicted octanol–water partition coefficient (Wildman–Crippen LogP) is 5.03. The third kappa shape index (κ3) is 6.30. The van der Waals surface area contributed by atoms with Crippen LogP contribution in [0.1, 0.15) is 69.7 Å². The molecule has 29 heavy (non-hydrogen) atoms. The molecule has 1 saturated carbocycles. The van der Waals surface area contributed by atoms with E-state index in [0.717, 1.165) is 44.0 Å². The van der Waals surface area contributed by atoms with Gasteiger partial charge in [-0.1, -0.05) is 27.2 Å². The van der Waals surface area contributed by atoms with Crippen LogP contribution in [0.3, 0.4) is 0 Å². The van der Waals surface area contributed by atoms with Crippen LogP contribution < -0.4 is 5.32 Å². The fourth-order valence-corrected chi connectivity index (χ4v) is 3.93. The van der Waals surface area contributed by atoms with Gasteiger partial charge in [-0.3, -0.25) is 4.79 Å². The number of ketones is 1. The maximum Gasteiger partial charge on any atom is 0.321 e. The lowest BCUT2D eigenvalue weighted by molar-refractivity contribution is 0.0928. The third-order valence-electron chi connectivity index (χ3n) is 6.69. The Hall–Kier alpha value is -1.88. The predicted molar refractivity (Wildman–Crippen MR) is 118 cm³/mol. The molecule has 1 aliphatic carbocycles. The molecule has 160 valence electrons. The number of hydrogen-bond donors (Lipinski definition) is 1. The van der Waals surface area contributed by atoms with Crippen LogP contribution in [0, 0.1) is 11.3 Å². The number of amides is 2. The van der Waals surface area contributed by atoms with E-state index in [1.165, 1.54) is 19.4 Å². The Morgan fingerprint density at radius 3 is 2.28 bits per heavy atom. The molecule has 5 nitrogen and oxygen atoms in total. The van der Waals surface area contributed by atoms with Gasteiger partial charge in [0.1, 0.15) is 0 Å². The number of urea groups is 1. The molecule has 2 amide bonds. The average molecular weight is 400 g/mol. The molecular formula is C24H37N3O2. The SMILES string of the molecule is CCC(C)(C)CC(=O)c1ccc(NC(=O)N(C)C2CCN(CC3CC3)CC2)cc1. The summed E-state index contributed by atoms with van der Waals surface area (Å²) in [4.78, 5) is 29.5. The van der Waals surface area contributed by atoms with Gasteiger partial charge < -0.3 is 15.1 Å². The van der Waals surface area contributed by atoms with Gasteiger partial charge in [0.15, 0.2) is 5.78 Å². The van der Waals surface area contributed by atoms with Crippen molar-refractivity contribution in [3.63, 3.8) is 0 Å². The van der Waals surface area contributed by atoms with Crippen molar-refractivity contribution in [2.45, 2.75) is 65.3 Å². The first-order valence-corrected chi connectivity index (χ1v) is 11.2. The second-order valence-electron chi connectivity index (χ2n) is 9.71. The van der Waals surface area contributed by atoms with E-state index >= 15 is 0 Å². The molecule has 0 bridgehead atoms. The number of hydrogen-bond acceptors (Lipinski definition) is 3. The molecule has 0 spiro atoms. The van der Waals surface area contributed by atoms with Gasteiger partial charge >= 0.3 is 6.03 Å². The van der Waals surface area contributed by atoms with Crippen LogP contribution in [-0.2, 0) is 0 Å². The van der Waals surface area contributed by atoms with Crippen molar-refractivity contribution in [1.82, 2.24) is 9.80 Å². The lowest BCUT2D eigenvalue weighted by Crippen LogP contribution is -2.47. The highest BCUT2D eigenvalue weighted by atomic mass is 16.2. The van der Waals surface area contributed by atoms with Crippen molar-refractivity contribution in [3.05, 3.63) is 29.8 Å². The van der Waals surface area contributed by atoms with Crippen LogP contribution in [0.5, 0.6) is 0 Å². The van der Waals surface area contributed by atoms with Crippen LogP contribution in [0.15, 0.2) is 24.3 Å². The number of anilines is 1. The molecule has 0 atom stereocenters. The van der Waals surface area contributed by atoms with Crippen molar-refractivity contribution in [3.8, 4) is 0 Å². The van der Waals surface area contributed by atoms with Crippen molar-refractivity contribution in [1.29, 1.82) is 0 Å². The maximum atomic E-state index is 12.7. The second kappa shape index (κ2) is 9.29. The van der Waals surface area contributed by atoms with Crippen molar-refractivity contribution >= 4 is 17.5 Å². The van der Waals surface area contributed by atoms with E-state index in [2.05, 4.69) is 31.0 Å². The highest BCUT2D eigenvalue weighted by molar-refractivity contribution is 5.97. The van der Waals surface area contributed by atoms with Crippen LogP contribution in [0.25, 0.3) is 0 Å². The zero-order valence-electron chi connectivity index (χ0n) is 18.5. The molecule has 1 aromatic rings. The Morgan fingerprint density at radius 2 is 1.72 bits per heavy atom. The number of nitrogens with zero attached hydrogens (tertiary/aromatic N) is 2. The van der Waals surface area contributed by atoms with Gasteiger partial charge in [0.2, 0.25) is 0 Å². The third-order valence-corrected chi connectivity index (χ3v) is 6.69. The summed E-state index contributed by atoms with van der Waals surface area (Å²) in [7, 11) is 1.89. The number of likely N-dealkylation sites (tertiary alicyclic amines) is 1. The highest BCUT2D eigenvalue weighted by Crippen LogP contribution is 2.31. The Morgan fingerprint density at radius 1 is 1.10 bits per heavy atom. The summed E-state index contributed by atoms with van der Waals surface area (Å²) in [6, 6.07) is 7.52. The first kappa shape index (κ1) is 21.8. The summed E-state index contributed by atoms with van der Waals surface area (Å²) in [5.74, 6) is 1.08. The van der Waals surface area contributed by atoms with Crippen molar-refractivity contribution in [2.75, 3.05) is 32.0 Å². The normalized spacial score (nSPS) is 18.5. The largest absolute Gasteiger partial charge is 0.325 e. The van der Waals surface area contributed by atoms with E-state index in [-0.39, 0.29) is 17.2 Å². The number of benzene rings is 1. The molecule has 0 unspecified atom stereocenters. The number of rotatable bonds is 8. The molecule has 2 fully saturated rings. The van der Waals surface area contributed by atoms with Crippen LogP contribution >= 0.6 is 0 Å². The number of nitrogens with one attached hydrogen (secondary N) is 1. The first-order chi connectivity index (χ1) is 13.8. The number of carbonyl (C=O) groups is 2. The smallest absolute Gasteiger partial charge is 0.321 e. The number of Topliss-reactive ketones (excluding diaryl/α,β-unsaturated/α-hetero) is 1. The molecule has 3 rings (SSSR count). The monoisotopic (exact) mass is 399 g/mol. The zero-order chi connectivity index (χ0) is 21.0. The summed E-state index contributed by atoms with van der Waals surface area (Å²) in [5.41, 5.74) is 1.46. The summed E-state index contributed by atoms with van der Waals surface area (Å²) in [6.45, 7) is 9.76. The van der Waals surface area contributed by atoms with Gasteiger partial charge in [-0.25, -0.2) is 4.79 Å². The van der Waals surface area contributed by atoms with E-state index in [0.29, 0.717) is 18.0 Å². The molecular weight excluding hydrogens is 362 g/mol. The first-order valence-electron chi connectivity index (χ1n) is 11.2. The molecule has 1 saturated heterocycles. The molecule has 2 aliphatic rings. The van der Waals surface area contributed by atoms with Gasteiger partial charge in [0.25, 0.3) is 0 Å². The van der Waals surface area contributed by atoms with Gasteiger partial charge in [-0.2, -0.15) is 0 Å². The van der Waals surface area contributed by atoms with E-state index in [4.69, 9.17) is 0 Å². The number of carbonyl (C=O) groups excluding carboxylic acids is 2. The Balaban J connectivity index is 1.47. The van der Waals surface area contributed by atoms with Gasteiger partial charge in [0.05, 0.1) is 0 Å². The van der Waals surface area contributed by atoms with Crippen LogP contribution in [0.4, 0.5) is 10.5 Å². The van der Waals surface area contributed by atoms with Gasteiger partial charge in [0, 0.05) is 50.4 Å². The standard InChI is InChI=1S/C24H37N3O2/c1-5-24(2,3)16-22(28)19-8-10-20(11-9-19)25-23(29)26(4)21-12-14-27(15-13-21)17-18-6-7-18/h8-11,18,21H,5-7,12-17H2,1-4H3,(H,25,29). The molecule has 1 N–H and O–H groups in total. The minimum atomic E-state index is -0.0724. The summed E-state index contributed by atoms with van der Waals surface area (Å²) < 4.78 is 0. The fourth-order valence-electron chi connectivity index (χ4n) is 3.93. The minimum Gasteiger partial charge on any atom is -0.325 e. The lowest BCUT2D eigenvalue weighted by Gasteiger charge is -2.36. The molecule has 0 radical (unpaired) electrons. The lowest BCUT2D eigenvalue weighted by atomic mass is 9.83. The quantitative estimate of drug-likeness (QED) is 0.624. The Labute approximate surface area is 175 Å². The maximum absolute atomic E-state index is 12.7. The molecule has 0 aromatic heterocycles. The topological polar surface area (TPSA) is 52.7 Å². The highest BCUT2D eigenvalue weighted by Gasteiger charge is 2.29. The zero-order valence-corrected chi connectivity index (χ0v) is 18.5. The number of piperidine rings is 1. The van der Waals surface area contributed by atoms with E-state index < -0.39 is 0 Å². The summed E-state index contributed by atoms with van der Waals surface area (Å²) in [5, 5.41) is 2.98. The van der Waals surface area contributed by atoms with Crippen LogP contribution in [0.2, 0.25) is 0 Å². The van der Waals surface area contributed by atoms with Gasteiger partial charge in [-0.05, 0) is 61.3 Å². The second-order valence-corrected chi connectivity index (χ2v) is 9.71.